The van der Waals surface area contributed by atoms with E-state index in [4.69, 9.17) is 5.11 Å². The number of halogens is 2. The van der Waals surface area contributed by atoms with Crippen LogP contribution in [0.1, 0.15) is 18.4 Å². The van der Waals surface area contributed by atoms with E-state index >= 15 is 0 Å². The Morgan fingerprint density at radius 3 is 2.54 bits per heavy atom. The molecule has 1 aromatic carbocycles. The van der Waals surface area contributed by atoms with Gasteiger partial charge in [0.05, 0.1) is 6.10 Å². The number of aliphatic hydroxyl groups is 1. The van der Waals surface area contributed by atoms with E-state index in [-0.39, 0.29) is 5.56 Å². The van der Waals surface area contributed by atoms with Crippen molar-refractivity contribution in [3.63, 3.8) is 0 Å². The molecule has 1 radical (unpaired) electrons. The standard InChI is InChI=1S/C10H11F2O/c1-6(7(2)13)9-5-8(11)3-4-10(9)12/h3-7,13H,1H2,2H3. The first-order chi connectivity index (χ1) is 6.02. The number of benzene rings is 1. The van der Waals surface area contributed by atoms with E-state index in [0.717, 1.165) is 18.2 Å². The molecule has 0 aliphatic carbocycles. The average molecular weight is 185 g/mol. The van der Waals surface area contributed by atoms with Gasteiger partial charge in [-0.05, 0) is 37.6 Å². The van der Waals surface area contributed by atoms with Crippen molar-refractivity contribution in [2.24, 2.45) is 0 Å². The molecular weight excluding hydrogens is 174 g/mol. The minimum Gasteiger partial charge on any atom is -0.393 e. The Hall–Kier alpha value is -0.960. The molecule has 0 amide bonds. The van der Waals surface area contributed by atoms with Gasteiger partial charge in [-0.1, -0.05) is 0 Å². The van der Waals surface area contributed by atoms with Crippen molar-refractivity contribution >= 4 is 0 Å². The first kappa shape index (κ1) is 10.1. The molecule has 0 bridgehead atoms. The van der Waals surface area contributed by atoms with E-state index < -0.39 is 23.7 Å². The molecule has 3 heteroatoms. The molecule has 2 unspecified atom stereocenters. The minimum atomic E-state index is -0.795. The molecule has 1 aromatic rings. The van der Waals surface area contributed by atoms with Crippen LogP contribution in [0.15, 0.2) is 18.2 Å². The Morgan fingerprint density at radius 2 is 2.00 bits per heavy atom. The van der Waals surface area contributed by atoms with Crippen LogP contribution in [0.5, 0.6) is 0 Å². The third-order valence-electron chi connectivity index (χ3n) is 1.94. The number of rotatable bonds is 2. The fourth-order valence-electron chi connectivity index (χ4n) is 1.06. The van der Waals surface area contributed by atoms with Crippen molar-refractivity contribution in [1.82, 2.24) is 0 Å². The van der Waals surface area contributed by atoms with Gasteiger partial charge in [-0.2, -0.15) is 0 Å². The van der Waals surface area contributed by atoms with Gasteiger partial charge in [0, 0.05) is 5.92 Å². The van der Waals surface area contributed by atoms with Gasteiger partial charge >= 0.3 is 0 Å². The first-order valence-electron chi connectivity index (χ1n) is 3.98. The molecule has 1 rings (SSSR count). The number of aliphatic hydroxyl groups excluding tert-OH is 1. The summed E-state index contributed by atoms with van der Waals surface area (Å²) in [6.45, 7) is 5.04. The van der Waals surface area contributed by atoms with Crippen LogP contribution in [0.3, 0.4) is 0 Å². The number of hydrogen-bond acceptors (Lipinski definition) is 1. The van der Waals surface area contributed by atoms with Crippen LogP contribution in [0.4, 0.5) is 8.78 Å². The summed E-state index contributed by atoms with van der Waals surface area (Å²) < 4.78 is 25.8. The highest BCUT2D eigenvalue weighted by molar-refractivity contribution is 5.24. The zero-order valence-electron chi connectivity index (χ0n) is 7.30. The summed E-state index contributed by atoms with van der Waals surface area (Å²) in [4.78, 5) is 0. The lowest BCUT2D eigenvalue weighted by atomic mass is 9.96. The first-order valence-corrected chi connectivity index (χ1v) is 3.98. The van der Waals surface area contributed by atoms with E-state index in [0.29, 0.717) is 0 Å². The van der Waals surface area contributed by atoms with Gasteiger partial charge in [0.1, 0.15) is 11.6 Å². The highest BCUT2D eigenvalue weighted by atomic mass is 19.1. The predicted octanol–water partition coefficient (Wildman–Crippen LogP) is 2.26. The lowest BCUT2D eigenvalue weighted by Gasteiger charge is -2.15. The second-order valence-electron chi connectivity index (χ2n) is 3.01. The zero-order chi connectivity index (χ0) is 10.0. The molecule has 0 aliphatic rings. The van der Waals surface area contributed by atoms with E-state index in [2.05, 4.69) is 6.92 Å². The molecule has 0 spiro atoms. The summed E-state index contributed by atoms with van der Waals surface area (Å²) in [7, 11) is 0. The van der Waals surface area contributed by atoms with Crippen LogP contribution in [-0.4, -0.2) is 11.2 Å². The van der Waals surface area contributed by atoms with Gasteiger partial charge in [0.15, 0.2) is 0 Å². The molecule has 13 heavy (non-hydrogen) atoms. The third-order valence-corrected chi connectivity index (χ3v) is 1.94. The summed E-state index contributed by atoms with van der Waals surface area (Å²) in [6.07, 6.45) is -0.795. The maximum atomic E-state index is 13.1. The van der Waals surface area contributed by atoms with Gasteiger partial charge in [-0.25, -0.2) is 8.78 Å². The Balaban J connectivity index is 3.05. The Bertz CT molecular complexity index is 297. The summed E-state index contributed by atoms with van der Waals surface area (Å²) in [6, 6.07) is 3.12. The Labute approximate surface area is 76.0 Å². The van der Waals surface area contributed by atoms with Crippen molar-refractivity contribution in [3.8, 4) is 0 Å². The monoisotopic (exact) mass is 185 g/mol. The second-order valence-corrected chi connectivity index (χ2v) is 3.01. The van der Waals surface area contributed by atoms with Crippen molar-refractivity contribution < 1.29 is 13.9 Å². The fourth-order valence-corrected chi connectivity index (χ4v) is 1.06. The summed E-state index contributed by atoms with van der Waals surface area (Å²) in [5, 5.41) is 9.14. The molecular formula is C10H11F2O. The van der Waals surface area contributed by atoms with Crippen molar-refractivity contribution in [1.29, 1.82) is 0 Å². The number of hydrogen-bond donors (Lipinski definition) is 1. The third kappa shape index (κ3) is 2.25. The zero-order valence-corrected chi connectivity index (χ0v) is 7.30. The van der Waals surface area contributed by atoms with Crippen LogP contribution >= 0.6 is 0 Å². The maximum absolute atomic E-state index is 13.1. The molecule has 0 saturated carbocycles. The van der Waals surface area contributed by atoms with E-state index in [1.54, 1.807) is 0 Å². The Morgan fingerprint density at radius 1 is 1.38 bits per heavy atom. The molecule has 0 aromatic heterocycles. The van der Waals surface area contributed by atoms with Crippen LogP contribution in [-0.2, 0) is 0 Å². The second kappa shape index (κ2) is 3.83. The van der Waals surface area contributed by atoms with E-state index in [1.165, 1.54) is 6.92 Å². The van der Waals surface area contributed by atoms with E-state index in [9.17, 15) is 8.78 Å². The van der Waals surface area contributed by atoms with Crippen molar-refractivity contribution in [3.05, 3.63) is 42.3 Å². The highest BCUT2D eigenvalue weighted by Gasteiger charge is 2.16. The lowest BCUT2D eigenvalue weighted by Crippen LogP contribution is -2.13. The predicted molar refractivity (Wildman–Crippen MR) is 46.1 cm³/mol. The molecule has 0 aliphatic heterocycles. The van der Waals surface area contributed by atoms with Gasteiger partial charge in [0.25, 0.3) is 0 Å². The topological polar surface area (TPSA) is 20.2 Å². The fraction of sp³-hybridized carbons (Fsp3) is 0.300. The van der Waals surface area contributed by atoms with Gasteiger partial charge in [0.2, 0.25) is 0 Å². The van der Waals surface area contributed by atoms with E-state index in [1.807, 2.05) is 0 Å². The van der Waals surface area contributed by atoms with Crippen LogP contribution in [0, 0.1) is 18.6 Å². The largest absolute Gasteiger partial charge is 0.393 e. The quantitative estimate of drug-likeness (QED) is 0.749. The normalized spacial score (nSPS) is 15.5. The van der Waals surface area contributed by atoms with Gasteiger partial charge in [-0.15, -0.1) is 0 Å². The molecule has 71 valence electrons. The van der Waals surface area contributed by atoms with Gasteiger partial charge < -0.3 is 5.11 Å². The summed E-state index contributed by atoms with van der Waals surface area (Å²) >= 11 is 0. The van der Waals surface area contributed by atoms with Crippen LogP contribution in [0.2, 0.25) is 0 Å². The molecule has 0 fully saturated rings. The Kier molecular flexibility index (Phi) is 2.98. The van der Waals surface area contributed by atoms with Crippen LogP contribution in [0.25, 0.3) is 0 Å². The molecule has 1 N–H and O–H groups in total. The molecule has 0 saturated heterocycles. The maximum Gasteiger partial charge on any atom is 0.126 e. The van der Waals surface area contributed by atoms with Crippen molar-refractivity contribution in [2.45, 2.75) is 18.9 Å². The molecule has 0 heterocycles. The smallest absolute Gasteiger partial charge is 0.126 e. The van der Waals surface area contributed by atoms with Crippen LogP contribution < -0.4 is 0 Å². The minimum absolute atomic E-state index is 0.106. The molecule has 2 atom stereocenters. The SMILES string of the molecule is [CH2]C(c1cc(F)ccc1F)C(C)O. The highest BCUT2D eigenvalue weighted by Crippen LogP contribution is 2.22. The lowest BCUT2D eigenvalue weighted by molar-refractivity contribution is 0.176. The summed E-state index contributed by atoms with van der Waals surface area (Å²) in [5.74, 6) is -1.70. The van der Waals surface area contributed by atoms with Gasteiger partial charge in [-0.3, -0.25) is 0 Å². The average Bonchev–Trinajstić information content (AvgIpc) is 2.08. The van der Waals surface area contributed by atoms with Crippen molar-refractivity contribution in [2.75, 3.05) is 0 Å². The molecule has 1 nitrogen and oxygen atoms in total. The summed E-state index contributed by atoms with van der Waals surface area (Å²) in [5.41, 5.74) is 0.106.